The number of benzene rings is 1. The van der Waals surface area contributed by atoms with Gasteiger partial charge in [-0.25, -0.2) is 4.39 Å². The first kappa shape index (κ1) is 14.1. The van der Waals surface area contributed by atoms with Crippen LogP contribution in [0.1, 0.15) is 37.4 Å². The fraction of sp³-hybridized carbons (Fsp3) is 0.571. The molecule has 1 aromatic rings. The average molecular weight is 239 g/mol. The Labute approximate surface area is 103 Å². The third kappa shape index (κ3) is 4.10. The summed E-state index contributed by atoms with van der Waals surface area (Å²) in [6.07, 6.45) is 0.996. The maximum atomic E-state index is 13.5. The maximum absolute atomic E-state index is 13.5. The smallest absolute Gasteiger partial charge is 0.126 e. The van der Waals surface area contributed by atoms with Crippen molar-refractivity contribution in [2.45, 2.75) is 39.3 Å². The summed E-state index contributed by atoms with van der Waals surface area (Å²) in [6.45, 7) is 6.71. The zero-order valence-electron chi connectivity index (χ0n) is 11.1. The zero-order valence-corrected chi connectivity index (χ0v) is 11.1. The lowest BCUT2D eigenvalue weighted by molar-refractivity contribution is 0.101. The highest BCUT2D eigenvalue weighted by atomic mass is 19.1. The molecule has 96 valence electrons. The summed E-state index contributed by atoms with van der Waals surface area (Å²) in [6, 6.07) is 5.57. The van der Waals surface area contributed by atoms with Crippen molar-refractivity contribution >= 4 is 0 Å². The molecule has 1 N–H and O–H groups in total. The quantitative estimate of drug-likeness (QED) is 0.823. The minimum Gasteiger partial charge on any atom is -0.382 e. The van der Waals surface area contributed by atoms with Crippen LogP contribution in [0.4, 0.5) is 4.39 Å². The van der Waals surface area contributed by atoms with Gasteiger partial charge in [0.05, 0.1) is 6.10 Å². The number of nitrogens with one attached hydrogen (secondary N) is 1. The zero-order chi connectivity index (χ0) is 12.8. The lowest BCUT2D eigenvalue weighted by Crippen LogP contribution is -2.25. The summed E-state index contributed by atoms with van der Waals surface area (Å²) >= 11 is 0. The van der Waals surface area contributed by atoms with Crippen molar-refractivity contribution in [2.24, 2.45) is 0 Å². The van der Waals surface area contributed by atoms with E-state index in [-0.39, 0.29) is 18.0 Å². The van der Waals surface area contributed by atoms with Gasteiger partial charge in [0.1, 0.15) is 5.82 Å². The van der Waals surface area contributed by atoms with E-state index in [2.05, 4.69) is 12.2 Å². The number of hydrogen-bond donors (Lipinski definition) is 1. The van der Waals surface area contributed by atoms with Crippen LogP contribution in [-0.2, 0) is 4.74 Å². The van der Waals surface area contributed by atoms with Gasteiger partial charge in [0.2, 0.25) is 0 Å². The number of hydrogen-bond acceptors (Lipinski definition) is 2. The molecule has 0 radical (unpaired) electrons. The van der Waals surface area contributed by atoms with E-state index in [1.165, 1.54) is 0 Å². The number of aryl methyl sites for hydroxylation is 1. The van der Waals surface area contributed by atoms with E-state index in [4.69, 9.17) is 4.74 Å². The first-order valence-corrected chi connectivity index (χ1v) is 6.10. The molecule has 0 aliphatic carbocycles. The minimum absolute atomic E-state index is 0.143. The molecule has 0 aliphatic heterocycles. The fourth-order valence-electron chi connectivity index (χ4n) is 1.84. The average Bonchev–Trinajstić information content (AvgIpc) is 2.32. The Morgan fingerprint density at radius 1 is 1.41 bits per heavy atom. The van der Waals surface area contributed by atoms with Crippen LogP contribution in [0.15, 0.2) is 18.2 Å². The first-order valence-electron chi connectivity index (χ1n) is 6.10. The second kappa shape index (κ2) is 6.72. The van der Waals surface area contributed by atoms with Crippen molar-refractivity contribution in [3.05, 3.63) is 35.1 Å². The van der Waals surface area contributed by atoms with Crippen LogP contribution in [0.2, 0.25) is 0 Å². The van der Waals surface area contributed by atoms with Gasteiger partial charge in [-0.1, -0.05) is 19.1 Å². The summed E-state index contributed by atoms with van der Waals surface area (Å²) in [7, 11) is 1.70. The van der Waals surface area contributed by atoms with Crippen LogP contribution in [0.5, 0.6) is 0 Å². The Kier molecular flexibility index (Phi) is 5.59. The van der Waals surface area contributed by atoms with Gasteiger partial charge >= 0.3 is 0 Å². The molecular formula is C14H22FNO. The molecule has 1 rings (SSSR count). The van der Waals surface area contributed by atoms with Crippen LogP contribution in [0, 0.1) is 12.7 Å². The largest absolute Gasteiger partial charge is 0.382 e. The van der Waals surface area contributed by atoms with E-state index in [1.807, 2.05) is 19.1 Å². The Bertz CT molecular complexity index is 354. The lowest BCUT2D eigenvalue weighted by atomic mass is 9.99. The van der Waals surface area contributed by atoms with E-state index in [9.17, 15) is 4.39 Å². The predicted molar refractivity (Wildman–Crippen MR) is 68.6 cm³/mol. The van der Waals surface area contributed by atoms with Crippen molar-refractivity contribution < 1.29 is 9.13 Å². The van der Waals surface area contributed by atoms with Crippen LogP contribution in [-0.4, -0.2) is 19.8 Å². The molecule has 0 heterocycles. The molecule has 2 unspecified atom stereocenters. The van der Waals surface area contributed by atoms with Crippen LogP contribution in [0.3, 0.4) is 0 Å². The van der Waals surface area contributed by atoms with Crippen LogP contribution >= 0.6 is 0 Å². The van der Waals surface area contributed by atoms with Crippen molar-refractivity contribution in [2.75, 3.05) is 13.7 Å². The second-order valence-corrected chi connectivity index (χ2v) is 4.40. The SMILES string of the molecule is CCNC(CC(C)OC)c1ccc(C)c(F)c1. The molecular weight excluding hydrogens is 217 g/mol. The molecule has 1 aromatic carbocycles. The molecule has 2 atom stereocenters. The van der Waals surface area contributed by atoms with Gasteiger partial charge in [-0.3, -0.25) is 0 Å². The molecule has 2 nitrogen and oxygen atoms in total. The van der Waals surface area contributed by atoms with E-state index in [1.54, 1.807) is 20.1 Å². The second-order valence-electron chi connectivity index (χ2n) is 4.40. The van der Waals surface area contributed by atoms with Gasteiger partial charge in [0.25, 0.3) is 0 Å². The Morgan fingerprint density at radius 2 is 2.12 bits per heavy atom. The Hall–Kier alpha value is -0.930. The summed E-state index contributed by atoms with van der Waals surface area (Å²) in [5, 5.41) is 3.36. The van der Waals surface area contributed by atoms with E-state index in [0.717, 1.165) is 18.5 Å². The van der Waals surface area contributed by atoms with E-state index >= 15 is 0 Å². The summed E-state index contributed by atoms with van der Waals surface area (Å²) < 4.78 is 18.8. The van der Waals surface area contributed by atoms with Gasteiger partial charge in [0.15, 0.2) is 0 Å². The maximum Gasteiger partial charge on any atom is 0.126 e. The lowest BCUT2D eigenvalue weighted by Gasteiger charge is -2.22. The summed E-state index contributed by atoms with van der Waals surface area (Å²) in [4.78, 5) is 0. The molecule has 0 fully saturated rings. The summed E-state index contributed by atoms with van der Waals surface area (Å²) in [5.41, 5.74) is 1.67. The van der Waals surface area contributed by atoms with Gasteiger partial charge in [-0.15, -0.1) is 0 Å². The first-order chi connectivity index (χ1) is 8.08. The molecule has 0 amide bonds. The molecule has 0 aromatic heterocycles. The third-order valence-corrected chi connectivity index (χ3v) is 3.02. The van der Waals surface area contributed by atoms with Gasteiger partial charge in [-0.2, -0.15) is 0 Å². The van der Waals surface area contributed by atoms with Crippen LogP contribution in [0.25, 0.3) is 0 Å². The molecule has 0 spiro atoms. The molecule has 0 saturated carbocycles. The van der Waals surface area contributed by atoms with Crippen molar-refractivity contribution in [1.29, 1.82) is 0 Å². The molecule has 0 bridgehead atoms. The number of halogens is 1. The molecule has 0 saturated heterocycles. The van der Waals surface area contributed by atoms with Gasteiger partial charge in [0, 0.05) is 13.2 Å². The number of methoxy groups -OCH3 is 1. The highest BCUT2D eigenvalue weighted by molar-refractivity contribution is 5.25. The molecule has 0 aliphatic rings. The molecule has 3 heteroatoms. The monoisotopic (exact) mass is 239 g/mol. The Balaban J connectivity index is 2.84. The normalized spacial score (nSPS) is 14.6. The van der Waals surface area contributed by atoms with E-state index in [0.29, 0.717) is 5.56 Å². The van der Waals surface area contributed by atoms with Gasteiger partial charge in [-0.05, 0) is 44.0 Å². The minimum atomic E-state index is -0.143. The topological polar surface area (TPSA) is 21.3 Å². The Morgan fingerprint density at radius 3 is 2.65 bits per heavy atom. The fourth-order valence-corrected chi connectivity index (χ4v) is 1.84. The molecule has 17 heavy (non-hydrogen) atoms. The standard InChI is InChI=1S/C14H22FNO/c1-5-16-14(8-11(3)17-4)12-7-6-10(2)13(15)9-12/h6-7,9,11,14,16H,5,8H2,1-4H3. The number of ether oxygens (including phenoxy) is 1. The predicted octanol–water partition coefficient (Wildman–Crippen LogP) is 3.21. The van der Waals surface area contributed by atoms with Crippen LogP contribution < -0.4 is 5.32 Å². The summed E-state index contributed by atoms with van der Waals surface area (Å²) in [5.74, 6) is -0.143. The highest BCUT2D eigenvalue weighted by Crippen LogP contribution is 2.21. The highest BCUT2D eigenvalue weighted by Gasteiger charge is 2.15. The third-order valence-electron chi connectivity index (χ3n) is 3.02. The van der Waals surface area contributed by atoms with Crippen molar-refractivity contribution in [3.8, 4) is 0 Å². The van der Waals surface area contributed by atoms with Gasteiger partial charge < -0.3 is 10.1 Å². The van der Waals surface area contributed by atoms with E-state index < -0.39 is 0 Å². The van der Waals surface area contributed by atoms with Crippen molar-refractivity contribution in [1.82, 2.24) is 5.32 Å². The van der Waals surface area contributed by atoms with Crippen molar-refractivity contribution in [3.63, 3.8) is 0 Å². The number of rotatable bonds is 6.